The van der Waals surface area contributed by atoms with Crippen molar-refractivity contribution in [2.24, 2.45) is 0 Å². The highest BCUT2D eigenvalue weighted by Gasteiger charge is 2.07. The summed E-state index contributed by atoms with van der Waals surface area (Å²) in [4.78, 5) is 1.93. The van der Waals surface area contributed by atoms with Crippen LogP contribution in [0.25, 0.3) is 0 Å². The number of nitrogens with zero attached hydrogens (tertiary/aromatic N) is 2. The van der Waals surface area contributed by atoms with Crippen molar-refractivity contribution in [2.75, 3.05) is 13.1 Å². The van der Waals surface area contributed by atoms with E-state index in [1.165, 1.54) is 0 Å². The molecule has 0 N–H and O–H groups in total. The minimum Gasteiger partial charge on any atom is -0.277 e. The van der Waals surface area contributed by atoms with Crippen molar-refractivity contribution in [3.63, 3.8) is 0 Å². The second kappa shape index (κ2) is 4.85. The van der Waals surface area contributed by atoms with Gasteiger partial charge in [0.25, 0.3) is 0 Å². The highest BCUT2D eigenvalue weighted by Crippen LogP contribution is 1.94. The van der Waals surface area contributed by atoms with E-state index in [-0.39, 0.29) is 6.04 Å². The molecule has 0 fully saturated rings. The van der Waals surface area contributed by atoms with E-state index in [2.05, 4.69) is 12.0 Å². The Kier molecular flexibility index (Phi) is 4.37. The Morgan fingerprint density at radius 3 is 2.60 bits per heavy atom. The van der Waals surface area contributed by atoms with Gasteiger partial charge < -0.3 is 0 Å². The van der Waals surface area contributed by atoms with E-state index in [4.69, 9.17) is 11.7 Å². The third kappa shape index (κ3) is 2.53. The van der Waals surface area contributed by atoms with E-state index in [1.807, 2.05) is 18.7 Å². The molecule has 0 spiro atoms. The molecule has 0 amide bonds. The van der Waals surface area contributed by atoms with E-state index in [1.54, 1.807) is 0 Å². The first-order chi connectivity index (χ1) is 4.76. The molecule has 0 aliphatic heterocycles. The minimum atomic E-state index is -0.0685. The van der Waals surface area contributed by atoms with Crippen LogP contribution in [0.5, 0.6) is 0 Å². The van der Waals surface area contributed by atoms with Gasteiger partial charge in [0, 0.05) is 0 Å². The predicted molar refractivity (Wildman–Crippen MR) is 41.2 cm³/mol. The SMILES string of the molecule is C#CCN(CC)C(C)C#N. The van der Waals surface area contributed by atoms with E-state index in [0.29, 0.717) is 6.54 Å². The second-order valence-electron chi connectivity index (χ2n) is 2.07. The summed E-state index contributed by atoms with van der Waals surface area (Å²) in [5.41, 5.74) is 0. The topological polar surface area (TPSA) is 27.0 Å². The molecule has 2 heteroatoms. The molecule has 1 atom stereocenters. The Bertz CT molecular complexity index is 161. The summed E-state index contributed by atoms with van der Waals surface area (Å²) in [6.45, 7) is 5.23. The Morgan fingerprint density at radius 2 is 2.30 bits per heavy atom. The molecule has 0 aliphatic rings. The molecule has 0 aromatic heterocycles. The summed E-state index contributed by atoms with van der Waals surface area (Å²) < 4.78 is 0. The van der Waals surface area contributed by atoms with E-state index in [0.717, 1.165) is 6.54 Å². The summed E-state index contributed by atoms with van der Waals surface area (Å²) in [6, 6.07) is 2.06. The third-order valence-electron chi connectivity index (χ3n) is 1.44. The smallest absolute Gasteiger partial charge is 0.0956 e. The van der Waals surface area contributed by atoms with Gasteiger partial charge in [-0.3, -0.25) is 4.90 Å². The van der Waals surface area contributed by atoms with Gasteiger partial charge in [-0.15, -0.1) is 6.42 Å². The fourth-order valence-corrected chi connectivity index (χ4v) is 0.721. The van der Waals surface area contributed by atoms with Crippen molar-refractivity contribution in [1.82, 2.24) is 4.90 Å². The number of rotatable bonds is 3. The Balaban J connectivity index is 3.85. The zero-order valence-corrected chi connectivity index (χ0v) is 6.46. The Morgan fingerprint density at radius 1 is 1.70 bits per heavy atom. The lowest BCUT2D eigenvalue weighted by Gasteiger charge is -2.18. The van der Waals surface area contributed by atoms with Crippen LogP contribution in [0.15, 0.2) is 0 Å². The monoisotopic (exact) mass is 136 g/mol. The maximum atomic E-state index is 8.50. The van der Waals surface area contributed by atoms with Crippen LogP contribution >= 0.6 is 0 Å². The number of hydrogen-bond donors (Lipinski definition) is 0. The molecule has 0 heterocycles. The fraction of sp³-hybridized carbons (Fsp3) is 0.625. The first kappa shape index (κ1) is 9.01. The van der Waals surface area contributed by atoms with Gasteiger partial charge in [0.05, 0.1) is 18.7 Å². The molecule has 0 bridgehead atoms. The molecule has 54 valence electrons. The highest BCUT2D eigenvalue weighted by atomic mass is 15.1. The first-order valence-electron chi connectivity index (χ1n) is 3.33. The quantitative estimate of drug-likeness (QED) is 0.538. The number of nitriles is 1. The van der Waals surface area contributed by atoms with Crippen LogP contribution in [0.2, 0.25) is 0 Å². The summed E-state index contributed by atoms with van der Waals surface area (Å²) >= 11 is 0. The zero-order chi connectivity index (χ0) is 7.98. The normalized spacial score (nSPS) is 12.1. The van der Waals surface area contributed by atoms with E-state index < -0.39 is 0 Å². The summed E-state index contributed by atoms with van der Waals surface area (Å²) in [5, 5.41) is 8.50. The molecule has 10 heavy (non-hydrogen) atoms. The van der Waals surface area contributed by atoms with Crippen LogP contribution in [0, 0.1) is 23.7 Å². The van der Waals surface area contributed by atoms with Gasteiger partial charge in [0.2, 0.25) is 0 Å². The molecule has 0 radical (unpaired) electrons. The highest BCUT2D eigenvalue weighted by molar-refractivity contribution is 4.95. The lowest BCUT2D eigenvalue weighted by Crippen LogP contribution is -2.31. The fourth-order valence-electron chi connectivity index (χ4n) is 0.721. The van der Waals surface area contributed by atoms with Crippen molar-refractivity contribution >= 4 is 0 Å². The number of terminal acetylenes is 1. The lowest BCUT2D eigenvalue weighted by atomic mass is 10.3. The van der Waals surface area contributed by atoms with Crippen LogP contribution in [0.3, 0.4) is 0 Å². The molecular formula is C8H12N2. The summed E-state index contributed by atoms with van der Waals surface area (Å²) in [6.07, 6.45) is 5.10. The van der Waals surface area contributed by atoms with E-state index in [9.17, 15) is 0 Å². The molecular weight excluding hydrogens is 124 g/mol. The molecule has 0 aromatic carbocycles. The largest absolute Gasteiger partial charge is 0.277 e. The third-order valence-corrected chi connectivity index (χ3v) is 1.44. The van der Waals surface area contributed by atoms with Crippen LogP contribution in [0.4, 0.5) is 0 Å². The van der Waals surface area contributed by atoms with Crippen molar-refractivity contribution < 1.29 is 0 Å². The molecule has 0 rings (SSSR count). The predicted octanol–water partition coefficient (Wildman–Crippen LogP) is 0.854. The molecule has 0 aromatic rings. The maximum Gasteiger partial charge on any atom is 0.0956 e. The van der Waals surface area contributed by atoms with Gasteiger partial charge in [-0.1, -0.05) is 12.8 Å². The summed E-state index contributed by atoms with van der Waals surface area (Å²) in [7, 11) is 0. The number of hydrogen-bond acceptors (Lipinski definition) is 2. The van der Waals surface area contributed by atoms with Gasteiger partial charge in [0.1, 0.15) is 0 Å². The summed E-state index contributed by atoms with van der Waals surface area (Å²) in [5.74, 6) is 2.51. The van der Waals surface area contributed by atoms with Gasteiger partial charge in [-0.2, -0.15) is 5.26 Å². The molecule has 0 saturated heterocycles. The van der Waals surface area contributed by atoms with Gasteiger partial charge in [-0.25, -0.2) is 0 Å². The van der Waals surface area contributed by atoms with Crippen LogP contribution in [-0.4, -0.2) is 24.0 Å². The standard InChI is InChI=1S/C8H12N2/c1-4-6-10(5-2)8(3)7-9/h1,8H,5-6H2,2-3H3. The molecule has 0 saturated carbocycles. The van der Waals surface area contributed by atoms with Crippen LogP contribution in [0.1, 0.15) is 13.8 Å². The lowest BCUT2D eigenvalue weighted by molar-refractivity contribution is 0.292. The Labute approximate surface area is 62.4 Å². The van der Waals surface area contributed by atoms with Crippen LogP contribution in [-0.2, 0) is 0 Å². The van der Waals surface area contributed by atoms with E-state index >= 15 is 0 Å². The van der Waals surface area contributed by atoms with Gasteiger partial charge >= 0.3 is 0 Å². The second-order valence-corrected chi connectivity index (χ2v) is 2.07. The Hall–Kier alpha value is -0.990. The maximum absolute atomic E-state index is 8.50. The van der Waals surface area contributed by atoms with Crippen molar-refractivity contribution in [3.05, 3.63) is 0 Å². The van der Waals surface area contributed by atoms with Gasteiger partial charge in [0.15, 0.2) is 0 Å². The van der Waals surface area contributed by atoms with Crippen molar-refractivity contribution in [3.8, 4) is 18.4 Å². The average Bonchev–Trinajstić information content (AvgIpc) is 1.99. The van der Waals surface area contributed by atoms with Crippen LogP contribution < -0.4 is 0 Å². The average molecular weight is 136 g/mol. The first-order valence-corrected chi connectivity index (χ1v) is 3.33. The minimum absolute atomic E-state index is 0.0685. The van der Waals surface area contributed by atoms with Crippen molar-refractivity contribution in [1.29, 1.82) is 5.26 Å². The van der Waals surface area contributed by atoms with Gasteiger partial charge in [-0.05, 0) is 13.5 Å². The van der Waals surface area contributed by atoms with Crippen molar-refractivity contribution in [2.45, 2.75) is 19.9 Å². The molecule has 1 unspecified atom stereocenters. The molecule has 0 aliphatic carbocycles. The molecule has 2 nitrogen and oxygen atoms in total. The zero-order valence-electron chi connectivity index (χ0n) is 6.46.